The highest BCUT2D eigenvalue weighted by molar-refractivity contribution is 7.92. The molecule has 1 aliphatic rings. The van der Waals surface area contributed by atoms with Gasteiger partial charge in [-0.1, -0.05) is 17.3 Å². The van der Waals surface area contributed by atoms with Crippen molar-refractivity contribution >= 4 is 21.4 Å². The van der Waals surface area contributed by atoms with Crippen molar-refractivity contribution in [3.05, 3.63) is 35.7 Å². The van der Waals surface area contributed by atoms with Crippen LogP contribution in [0.15, 0.2) is 33.7 Å². The normalized spacial score (nSPS) is 15.7. The molecule has 2 heterocycles. The van der Waals surface area contributed by atoms with E-state index in [1.165, 1.54) is 6.42 Å². The summed E-state index contributed by atoms with van der Waals surface area (Å²) in [5, 5.41) is 3.73. The summed E-state index contributed by atoms with van der Waals surface area (Å²) in [5.74, 6) is 0.297. The van der Waals surface area contributed by atoms with Crippen molar-refractivity contribution < 1.29 is 12.9 Å². The summed E-state index contributed by atoms with van der Waals surface area (Å²) in [5.41, 5.74) is 1.88. The highest BCUT2D eigenvalue weighted by Gasteiger charge is 2.26. The van der Waals surface area contributed by atoms with Crippen LogP contribution in [0.5, 0.6) is 0 Å². The number of sulfonamides is 1. The number of piperidine rings is 1. The van der Waals surface area contributed by atoms with Crippen LogP contribution < -0.4 is 9.62 Å². The quantitative estimate of drug-likeness (QED) is 0.929. The number of hydrogen-bond acceptors (Lipinski definition) is 5. The van der Waals surface area contributed by atoms with Gasteiger partial charge in [0.25, 0.3) is 10.0 Å². The van der Waals surface area contributed by atoms with E-state index in [2.05, 4.69) is 14.8 Å². The first-order valence-electron chi connectivity index (χ1n) is 7.79. The van der Waals surface area contributed by atoms with Crippen molar-refractivity contribution in [1.29, 1.82) is 0 Å². The smallest absolute Gasteiger partial charge is 0.267 e. The summed E-state index contributed by atoms with van der Waals surface area (Å²) in [7, 11) is -3.73. The zero-order chi connectivity index (χ0) is 16.4. The standard InChI is InChI=1S/C16H21N3O3S/c1-12-16(13(2)22-17-12)23(20,21)18-14-8-4-5-9-15(14)19-10-6-3-7-11-19/h4-5,8-9,18H,3,6-7,10-11H2,1-2H3. The lowest BCUT2D eigenvalue weighted by molar-refractivity contribution is 0.390. The Labute approximate surface area is 136 Å². The van der Waals surface area contributed by atoms with Gasteiger partial charge in [0.2, 0.25) is 0 Å². The number of aromatic nitrogens is 1. The van der Waals surface area contributed by atoms with Crippen molar-refractivity contribution in [3.63, 3.8) is 0 Å². The number of benzene rings is 1. The molecule has 7 heteroatoms. The SMILES string of the molecule is Cc1noc(C)c1S(=O)(=O)Nc1ccccc1N1CCCCC1. The fraction of sp³-hybridized carbons (Fsp3) is 0.438. The maximum atomic E-state index is 12.7. The predicted molar refractivity (Wildman–Crippen MR) is 89.3 cm³/mol. The Hall–Kier alpha value is -2.02. The second kappa shape index (κ2) is 6.23. The van der Waals surface area contributed by atoms with Crippen LogP contribution in [0.2, 0.25) is 0 Å². The molecule has 1 fully saturated rings. The minimum absolute atomic E-state index is 0.117. The van der Waals surface area contributed by atoms with Crippen molar-refractivity contribution in [1.82, 2.24) is 5.16 Å². The molecule has 1 aromatic heterocycles. The average Bonchev–Trinajstić information content (AvgIpc) is 2.88. The molecular formula is C16H21N3O3S. The van der Waals surface area contributed by atoms with Gasteiger partial charge >= 0.3 is 0 Å². The van der Waals surface area contributed by atoms with E-state index in [0.717, 1.165) is 31.6 Å². The molecule has 1 saturated heterocycles. The Kier molecular flexibility index (Phi) is 4.30. The second-order valence-corrected chi connectivity index (χ2v) is 7.44. The minimum atomic E-state index is -3.73. The molecule has 1 aromatic carbocycles. The third-order valence-electron chi connectivity index (χ3n) is 4.08. The molecule has 1 aliphatic heterocycles. The van der Waals surface area contributed by atoms with Gasteiger partial charge in [-0.25, -0.2) is 8.42 Å². The topological polar surface area (TPSA) is 75.4 Å². The van der Waals surface area contributed by atoms with Gasteiger partial charge in [-0.05, 0) is 45.2 Å². The second-order valence-electron chi connectivity index (χ2n) is 5.82. The molecule has 124 valence electrons. The monoisotopic (exact) mass is 335 g/mol. The molecule has 0 radical (unpaired) electrons. The van der Waals surface area contributed by atoms with Gasteiger partial charge in [0.1, 0.15) is 5.69 Å². The number of para-hydroxylation sites is 2. The number of anilines is 2. The van der Waals surface area contributed by atoms with Crippen LogP contribution in [0.4, 0.5) is 11.4 Å². The predicted octanol–water partition coefficient (Wildman–Crippen LogP) is 3.08. The molecule has 0 amide bonds. The van der Waals surface area contributed by atoms with E-state index in [-0.39, 0.29) is 4.90 Å². The van der Waals surface area contributed by atoms with E-state index in [4.69, 9.17) is 4.52 Å². The van der Waals surface area contributed by atoms with Crippen LogP contribution in [-0.2, 0) is 10.0 Å². The maximum Gasteiger partial charge on any atom is 0.267 e. The molecule has 0 bridgehead atoms. The van der Waals surface area contributed by atoms with Gasteiger partial charge in [0.15, 0.2) is 10.7 Å². The maximum absolute atomic E-state index is 12.7. The van der Waals surface area contributed by atoms with Crippen molar-refractivity contribution in [2.75, 3.05) is 22.7 Å². The minimum Gasteiger partial charge on any atom is -0.370 e. The molecule has 6 nitrogen and oxygen atoms in total. The van der Waals surface area contributed by atoms with E-state index in [1.807, 2.05) is 18.2 Å². The van der Waals surface area contributed by atoms with Gasteiger partial charge in [-0.3, -0.25) is 4.72 Å². The van der Waals surface area contributed by atoms with E-state index in [9.17, 15) is 8.42 Å². The Morgan fingerprint density at radius 3 is 2.48 bits per heavy atom. The number of hydrogen-bond donors (Lipinski definition) is 1. The summed E-state index contributed by atoms with van der Waals surface area (Å²) >= 11 is 0. The Morgan fingerprint density at radius 2 is 1.83 bits per heavy atom. The Bertz CT molecular complexity index is 773. The van der Waals surface area contributed by atoms with Crippen molar-refractivity contribution in [2.24, 2.45) is 0 Å². The summed E-state index contributed by atoms with van der Waals surface area (Å²) in [6.07, 6.45) is 3.49. The van der Waals surface area contributed by atoms with Gasteiger partial charge in [-0.15, -0.1) is 0 Å². The fourth-order valence-corrected chi connectivity index (χ4v) is 4.43. The van der Waals surface area contributed by atoms with E-state index >= 15 is 0 Å². The highest BCUT2D eigenvalue weighted by Crippen LogP contribution is 2.31. The summed E-state index contributed by atoms with van der Waals surface area (Å²) < 4.78 is 33.1. The van der Waals surface area contributed by atoms with Crippen LogP contribution >= 0.6 is 0 Å². The number of nitrogens with one attached hydrogen (secondary N) is 1. The number of nitrogens with zero attached hydrogens (tertiary/aromatic N) is 2. The zero-order valence-electron chi connectivity index (χ0n) is 13.4. The first kappa shape index (κ1) is 15.9. The summed E-state index contributed by atoms with van der Waals surface area (Å²) in [6.45, 7) is 5.13. The molecular weight excluding hydrogens is 314 g/mol. The molecule has 0 saturated carbocycles. The molecule has 0 atom stereocenters. The Balaban J connectivity index is 1.94. The molecule has 0 aliphatic carbocycles. The molecule has 2 aromatic rings. The van der Waals surface area contributed by atoms with Crippen molar-refractivity contribution in [2.45, 2.75) is 38.0 Å². The van der Waals surface area contributed by atoms with E-state index in [0.29, 0.717) is 17.1 Å². The first-order chi connectivity index (χ1) is 11.0. The summed E-state index contributed by atoms with van der Waals surface area (Å²) in [6, 6.07) is 7.51. The third-order valence-corrected chi connectivity index (χ3v) is 5.69. The molecule has 3 rings (SSSR count). The van der Waals surface area contributed by atoms with Gasteiger partial charge in [0.05, 0.1) is 11.4 Å². The van der Waals surface area contributed by atoms with Crippen LogP contribution in [0.25, 0.3) is 0 Å². The average molecular weight is 335 g/mol. The lowest BCUT2D eigenvalue weighted by Gasteiger charge is -2.30. The third kappa shape index (κ3) is 3.19. The molecule has 0 spiro atoms. The molecule has 23 heavy (non-hydrogen) atoms. The van der Waals surface area contributed by atoms with Gasteiger partial charge in [-0.2, -0.15) is 0 Å². The van der Waals surface area contributed by atoms with Crippen LogP contribution in [0.3, 0.4) is 0 Å². The van der Waals surface area contributed by atoms with E-state index < -0.39 is 10.0 Å². The fourth-order valence-electron chi connectivity index (χ4n) is 3.02. The molecule has 1 N–H and O–H groups in total. The number of aryl methyl sites for hydroxylation is 2. The van der Waals surface area contributed by atoms with E-state index in [1.54, 1.807) is 19.9 Å². The van der Waals surface area contributed by atoms with Crippen LogP contribution in [0, 0.1) is 13.8 Å². The highest BCUT2D eigenvalue weighted by atomic mass is 32.2. The van der Waals surface area contributed by atoms with Crippen molar-refractivity contribution in [3.8, 4) is 0 Å². The lowest BCUT2D eigenvalue weighted by Crippen LogP contribution is -2.30. The van der Waals surface area contributed by atoms with Gasteiger partial charge < -0.3 is 9.42 Å². The molecule has 0 unspecified atom stereocenters. The number of rotatable bonds is 4. The largest absolute Gasteiger partial charge is 0.370 e. The van der Waals surface area contributed by atoms with Crippen LogP contribution in [0.1, 0.15) is 30.7 Å². The van der Waals surface area contributed by atoms with Gasteiger partial charge in [0, 0.05) is 13.1 Å². The first-order valence-corrected chi connectivity index (χ1v) is 9.27. The lowest BCUT2D eigenvalue weighted by atomic mass is 10.1. The Morgan fingerprint density at radius 1 is 1.13 bits per heavy atom. The zero-order valence-corrected chi connectivity index (χ0v) is 14.2. The van der Waals surface area contributed by atoms with Crippen LogP contribution in [-0.4, -0.2) is 26.7 Å². The summed E-state index contributed by atoms with van der Waals surface area (Å²) in [4.78, 5) is 2.35.